The van der Waals surface area contributed by atoms with E-state index in [-0.39, 0.29) is 0 Å². The van der Waals surface area contributed by atoms with Crippen molar-refractivity contribution in [1.82, 2.24) is 9.91 Å². The second-order valence-corrected chi connectivity index (χ2v) is 4.60. The summed E-state index contributed by atoms with van der Waals surface area (Å²) in [6.07, 6.45) is 1.38. The van der Waals surface area contributed by atoms with E-state index in [4.69, 9.17) is 46.4 Å². The molecular formula is C4H5Cl4N3. The van der Waals surface area contributed by atoms with Crippen LogP contribution in [0.15, 0.2) is 5.10 Å². The lowest BCUT2D eigenvalue weighted by atomic mass is 10.8. The largest absolute Gasteiger partial charge is 0.281 e. The third-order valence-electron chi connectivity index (χ3n) is 1.19. The van der Waals surface area contributed by atoms with E-state index in [2.05, 4.69) is 5.10 Å². The maximum absolute atomic E-state index is 5.79. The SMILES string of the molecule is CN1N=CN(C(Cl)(Cl)Cl)C1Cl. The normalized spacial score (nSPS) is 25.0. The average Bonchev–Trinajstić information content (AvgIpc) is 2.11. The third kappa shape index (κ3) is 1.96. The predicted molar refractivity (Wildman–Crippen MR) is 48.0 cm³/mol. The van der Waals surface area contributed by atoms with E-state index in [1.54, 1.807) is 7.05 Å². The Bertz CT molecular complexity index is 177. The second kappa shape index (κ2) is 3.05. The van der Waals surface area contributed by atoms with Gasteiger partial charge in [0, 0.05) is 7.05 Å². The molecule has 0 spiro atoms. The molecule has 64 valence electrons. The van der Waals surface area contributed by atoms with Crippen LogP contribution in [0.2, 0.25) is 0 Å². The molecule has 0 saturated carbocycles. The van der Waals surface area contributed by atoms with Crippen molar-refractivity contribution in [3.63, 3.8) is 0 Å². The molecule has 0 bridgehead atoms. The zero-order chi connectivity index (χ0) is 8.65. The van der Waals surface area contributed by atoms with Gasteiger partial charge in [0.2, 0.25) is 0 Å². The van der Waals surface area contributed by atoms with Gasteiger partial charge in [0.1, 0.15) is 6.34 Å². The second-order valence-electron chi connectivity index (χ2n) is 1.99. The van der Waals surface area contributed by atoms with Gasteiger partial charge in [-0.1, -0.05) is 46.4 Å². The maximum Gasteiger partial charge on any atom is 0.271 e. The summed E-state index contributed by atoms with van der Waals surface area (Å²) in [5.74, 6) is 0. The average molecular weight is 237 g/mol. The molecule has 0 aromatic carbocycles. The van der Waals surface area contributed by atoms with Crippen LogP contribution in [0.25, 0.3) is 0 Å². The first-order chi connectivity index (χ1) is 4.93. The van der Waals surface area contributed by atoms with Crippen LogP contribution in [0.3, 0.4) is 0 Å². The highest BCUT2D eigenvalue weighted by molar-refractivity contribution is 6.67. The molecule has 0 radical (unpaired) electrons. The number of hydrogen-bond acceptors (Lipinski definition) is 3. The van der Waals surface area contributed by atoms with Gasteiger partial charge in [-0.25, -0.2) is 0 Å². The van der Waals surface area contributed by atoms with Gasteiger partial charge in [0.25, 0.3) is 3.92 Å². The van der Waals surface area contributed by atoms with Crippen molar-refractivity contribution in [3.8, 4) is 0 Å². The standard InChI is InChI=1S/C4H5Cl4N3/c1-10-3(5)11(2-9-10)4(6,7)8/h2-3H,1H3. The molecule has 1 aliphatic rings. The van der Waals surface area contributed by atoms with Crippen molar-refractivity contribution >= 4 is 52.7 Å². The van der Waals surface area contributed by atoms with E-state index in [1.807, 2.05) is 0 Å². The molecule has 1 rings (SSSR count). The molecule has 1 unspecified atom stereocenters. The van der Waals surface area contributed by atoms with Crippen molar-refractivity contribution < 1.29 is 0 Å². The zero-order valence-corrected chi connectivity index (χ0v) is 8.53. The Labute approximate surface area is 84.4 Å². The molecule has 7 heteroatoms. The van der Waals surface area contributed by atoms with Crippen molar-refractivity contribution in [2.75, 3.05) is 7.05 Å². The van der Waals surface area contributed by atoms with E-state index in [0.717, 1.165) is 0 Å². The van der Waals surface area contributed by atoms with E-state index >= 15 is 0 Å². The lowest BCUT2D eigenvalue weighted by Crippen LogP contribution is -2.40. The number of hydrazone groups is 1. The number of nitrogens with zero attached hydrogens (tertiary/aromatic N) is 3. The van der Waals surface area contributed by atoms with Crippen molar-refractivity contribution in [2.45, 2.75) is 9.54 Å². The molecule has 1 heterocycles. The fourth-order valence-corrected chi connectivity index (χ4v) is 1.42. The van der Waals surface area contributed by atoms with Crippen LogP contribution in [0.1, 0.15) is 0 Å². The third-order valence-corrected chi connectivity index (χ3v) is 2.27. The van der Waals surface area contributed by atoms with Gasteiger partial charge in [-0.2, -0.15) is 5.10 Å². The van der Waals surface area contributed by atoms with Crippen LogP contribution in [-0.4, -0.2) is 32.8 Å². The molecule has 0 fully saturated rings. The zero-order valence-electron chi connectivity index (χ0n) is 5.51. The van der Waals surface area contributed by atoms with Crippen LogP contribution >= 0.6 is 46.4 Å². The molecule has 0 aromatic heterocycles. The first-order valence-electron chi connectivity index (χ1n) is 2.69. The molecular weight excluding hydrogens is 232 g/mol. The Morgan fingerprint density at radius 3 is 2.18 bits per heavy atom. The number of alkyl halides is 4. The van der Waals surface area contributed by atoms with Crippen LogP contribution in [0, 0.1) is 0 Å². The Morgan fingerprint density at radius 2 is 2.00 bits per heavy atom. The fourth-order valence-electron chi connectivity index (χ4n) is 0.613. The highest BCUT2D eigenvalue weighted by atomic mass is 35.6. The van der Waals surface area contributed by atoms with Gasteiger partial charge in [-0.05, 0) is 0 Å². The lowest BCUT2D eigenvalue weighted by Gasteiger charge is -2.28. The Morgan fingerprint density at radius 1 is 1.45 bits per heavy atom. The van der Waals surface area contributed by atoms with Crippen LogP contribution in [-0.2, 0) is 0 Å². The minimum atomic E-state index is -1.54. The minimum Gasteiger partial charge on any atom is -0.281 e. The van der Waals surface area contributed by atoms with Crippen molar-refractivity contribution in [2.24, 2.45) is 5.10 Å². The smallest absolute Gasteiger partial charge is 0.271 e. The summed E-state index contributed by atoms with van der Waals surface area (Å²) < 4.78 is -1.54. The molecule has 1 aliphatic heterocycles. The van der Waals surface area contributed by atoms with Crippen molar-refractivity contribution in [3.05, 3.63) is 0 Å². The number of halogens is 4. The first-order valence-corrected chi connectivity index (χ1v) is 4.26. The summed E-state index contributed by atoms with van der Waals surface area (Å²) in [4.78, 5) is 1.30. The fraction of sp³-hybridized carbons (Fsp3) is 0.750. The Hall–Kier alpha value is 0.430. The highest BCUT2D eigenvalue weighted by Gasteiger charge is 2.37. The summed E-state index contributed by atoms with van der Waals surface area (Å²) in [6, 6.07) is 0. The van der Waals surface area contributed by atoms with Crippen molar-refractivity contribution in [1.29, 1.82) is 0 Å². The van der Waals surface area contributed by atoms with Gasteiger partial charge in [0.15, 0.2) is 5.62 Å². The first kappa shape index (κ1) is 9.52. The number of rotatable bonds is 0. The Kier molecular flexibility index (Phi) is 2.64. The molecule has 11 heavy (non-hydrogen) atoms. The molecule has 1 atom stereocenters. The topological polar surface area (TPSA) is 18.8 Å². The summed E-state index contributed by atoms with van der Waals surface area (Å²) in [5.41, 5.74) is -0.539. The quantitative estimate of drug-likeness (QED) is 0.474. The van der Waals surface area contributed by atoms with E-state index in [1.165, 1.54) is 16.2 Å². The Balaban J connectivity index is 2.70. The summed E-state index contributed by atoms with van der Waals surface area (Å²) >= 11 is 22.4. The molecule has 0 aromatic rings. The van der Waals surface area contributed by atoms with Gasteiger partial charge in [-0.15, -0.1) is 0 Å². The van der Waals surface area contributed by atoms with E-state index < -0.39 is 9.54 Å². The maximum atomic E-state index is 5.79. The van der Waals surface area contributed by atoms with Gasteiger partial charge >= 0.3 is 0 Å². The molecule has 3 nitrogen and oxygen atoms in total. The molecule has 0 aliphatic carbocycles. The molecule has 0 N–H and O–H groups in total. The predicted octanol–water partition coefficient (Wildman–Crippen LogP) is 2.03. The molecule has 0 saturated heterocycles. The van der Waals surface area contributed by atoms with E-state index in [9.17, 15) is 0 Å². The summed E-state index contributed by atoms with van der Waals surface area (Å²) in [6.45, 7) is 0. The van der Waals surface area contributed by atoms with Crippen LogP contribution < -0.4 is 0 Å². The highest BCUT2D eigenvalue weighted by Crippen LogP contribution is 2.35. The van der Waals surface area contributed by atoms with Gasteiger partial charge < -0.3 is 0 Å². The summed E-state index contributed by atoms with van der Waals surface area (Å²) in [7, 11) is 1.69. The molecule has 0 amide bonds. The summed E-state index contributed by atoms with van der Waals surface area (Å²) in [5, 5.41) is 5.29. The monoisotopic (exact) mass is 235 g/mol. The number of hydrogen-bond donors (Lipinski definition) is 0. The lowest BCUT2D eigenvalue weighted by molar-refractivity contribution is 0.237. The van der Waals surface area contributed by atoms with E-state index in [0.29, 0.717) is 0 Å². The van der Waals surface area contributed by atoms with Crippen LogP contribution in [0.5, 0.6) is 0 Å². The van der Waals surface area contributed by atoms with Crippen LogP contribution in [0.4, 0.5) is 0 Å². The van der Waals surface area contributed by atoms with Gasteiger partial charge in [-0.3, -0.25) is 9.91 Å². The minimum absolute atomic E-state index is 0.539. The van der Waals surface area contributed by atoms with Gasteiger partial charge in [0.05, 0.1) is 0 Å².